The number of aromatic nitrogens is 1. The van der Waals surface area contributed by atoms with Crippen LogP contribution in [0.15, 0.2) is 30.5 Å². The number of aryl methyl sites for hydroxylation is 1. The molecule has 0 atom stereocenters. The highest BCUT2D eigenvalue weighted by atomic mass is 14.7. The highest BCUT2D eigenvalue weighted by Crippen LogP contribution is 2.19. The molecule has 0 bridgehead atoms. The first-order chi connectivity index (χ1) is 6.92. The molecule has 0 unspecified atom stereocenters. The number of fused-ring (bicyclic) bond motifs is 1. The number of rotatable bonds is 4. The minimum absolute atomic E-state index is 1.18. The van der Waals surface area contributed by atoms with Crippen LogP contribution in [0.3, 0.4) is 0 Å². The number of nitrogens with one attached hydrogen (secondary N) is 1. The van der Waals surface area contributed by atoms with E-state index in [1.54, 1.807) is 0 Å². The molecule has 1 N–H and O–H groups in total. The van der Waals surface area contributed by atoms with E-state index in [0.29, 0.717) is 0 Å². The largest absolute Gasteiger partial charge is 0.364 e. The molecule has 1 heterocycles. The molecule has 1 aromatic carbocycles. The van der Waals surface area contributed by atoms with Gasteiger partial charge in [-0.05, 0) is 18.2 Å². The van der Waals surface area contributed by atoms with E-state index in [1.165, 1.54) is 42.1 Å². The van der Waals surface area contributed by atoms with Gasteiger partial charge in [0, 0.05) is 17.3 Å². The third-order valence-electron chi connectivity index (χ3n) is 2.72. The van der Waals surface area contributed by atoms with Crippen LogP contribution in [-0.2, 0) is 6.42 Å². The number of aromatic amines is 1. The number of unbranched alkanes of at least 4 members (excludes halogenated alkanes) is 2. The van der Waals surface area contributed by atoms with Crippen LogP contribution in [0.5, 0.6) is 0 Å². The van der Waals surface area contributed by atoms with Crippen LogP contribution in [-0.4, -0.2) is 4.98 Å². The molecule has 74 valence electrons. The Hall–Kier alpha value is -1.24. The van der Waals surface area contributed by atoms with E-state index in [4.69, 9.17) is 0 Å². The van der Waals surface area contributed by atoms with Gasteiger partial charge in [-0.1, -0.05) is 44.0 Å². The van der Waals surface area contributed by atoms with Crippen molar-refractivity contribution in [3.8, 4) is 0 Å². The SMILES string of the molecule is CCCCCc1[nH]cc2ccccc12. The third-order valence-corrected chi connectivity index (χ3v) is 2.72. The van der Waals surface area contributed by atoms with Crippen LogP contribution >= 0.6 is 0 Å². The van der Waals surface area contributed by atoms with Crippen LogP contribution in [0.4, 0.5) is 0 Å². The number of hydrogen-bond donors (Lipinski definition) is 1. The summed E-state index contributed by atoms with van der Waals surface area (Å²) >= 11 is 0. The Bertz CT molecular complexity index is 400. The second kappa shape index (κ2) is 4.32. The average Bonchev–Trinajstić information content (AvgIpc) is 2.63. The first-order valence-electron chi connectivity index (χ1n) is 5.47. The minimum Gasteiger partial charge on any atom is -0.364 e. The van der Waals surface area contributed by atoms with E-state index in [1.807, 2.05) is 0 Å². The summed E-state index contributed by atoms with van der Waals surface area (Å²) in [7, 11) is 0. The van der Waals surface area contributed by atoms with Crippen LogP contribution < -0.4 is 0 Å². The molecule has 0 amide bonds. The van der Waals surface area contributed by atoms with Crippen LogP contribution in [0.25, 0.3) is 10.8 Å². The minimum atomic E-state index is 1.18. The predicted molar refractivity (Wildman–Crippen MR) is 61.5 cm³/mol. The highest BCUT2D eigenvalue weighted by molar-refractivity contribution is 5.85. The van der Waals surface area contributed by atoms with Crippen molar-refractivity contribution in [2.45, 2.75) is 32.6 Å². The van der Waals surface area contributed by atoms with Crippen molar-refractivity contribution in [3.63, 3.8) is 0 Å². The van der Waals surface area contributed by atoms with Crippen molar-refractivity contribution in [3.05, 3.63) is 36.2 Å². The summed E-state index contributed by atoms with van der Waals surface area (Å²) in [5.74, 6) is 0. The molecular weight excluding hydrogens is 170 g/mol. The lowest BCUT2D eigenvalue weighted by molar-refractivity contribution is 0.712. The van der Waals surface area contributed by atoms with Gasteiger partial charge in [-0.25, -0.2) is 0 Å². The maximum absolute atomic E-state index is 3.37. The van der Waals surface area contributed by atoms with Crippen LogP contribution in [0.2, 0.25) is 0 Å². The molecule has 14 heavy (non-hydrogen) atoms. The van der Waals surface area contributed by atoms with E-state index in [-0.39, 0.29) is 0 Å². The zero-order valence-corrected chi connectivity index (χ0v) is 8.72. The van der Waals surface area contributed by atoms with Crippen LogP contribution in [0.1, 0.15) is 31.9 Å². The molecule has 0 spiro atoms. The van der Waals surface area contributed by atoms with Gasteiger partial charge in [0.1, 0.15) is 0 Å². The number of hydrogen-bond acceptors (Lipinski definition) is 0. The fourth-order valence-corrected chi connectivity index (χ4v) is 1.90. The Kier molecular flexibility index (Phi) is 2.87. The molecule has 0 aliphatic carbocycles. The molecule has 1 heteroatoms. The summed E-state index contributed by atoms with van der Waals surface area (Å²) in [6.07, 6.45) is 7.20. The highest BCUT2D eigenvalue weighted by Gasteiger charge is 2.01. The molecule has 0 aliphatic rings. The summed E-state index contributed by atoms with van der Waals surface area (Å²) in [6.45, 7) is 2.24. The fraction of sp³-hybridized carbons (Fsp3) is 0.385. The first kappa shape index (κ1) is 9.32. The predicted octanol–water partition coefficient (Wildman–Crippen LogP) is 3.90. The molecule has 0 fully saturated rings. The van der Waals surface area contributed by atoms with Crippen molar-refractivity contribution < 1.29 is 0 Å². The van der Waals surface area contributed by atoms with E-state index in [0.717, 1.165) is 0 Å². The second-order valence-corrected chi connectivity index (χ2v) is 3.81. The van der Waals surface area contributed by atoms with Gasteiger partial charge in [0.05, 0.1) is 0 Å². The molecule has 1 aromatic heterocycles. The quantitative estimate of drug-likeness (QED) is 0.699. The fourth-order valence-electron chi connectivity index (χ4n) is 1.90. The summed E-state index contributed by atoms with van der Waals surface area (Å²) in [4.78, 5) is 3.37. The van der Waals surface area contributed by atoms with Gasteiger partial charge in [0.2, 0.25) is 0 Å². The van der Waals surface area contributed by atoms with E-state index in [9.17, 15) is 0 Å². The monoisotopic (exact) mass is 187 g/mol. The summed E-state index contributed by atoms with van der Waals surface area (Å²) in [5.41, 5.74) is 1.40. The Morgan fingerprint density at radius 3 is 2.86 bits per heavy atom. The number of H-pyrrole nitrogens is 1. The lowest BCUT2D eigenvalue weighted by atomic mass is 10.1. The summed E-state index contributed by atoms with van der Waals surface area (Å²) in [5, 5.41) is 2.72. The summed E-state index contributed by atoms with van der Waals surface area (Å²) < 4.78 is 0. The maximum Gasteiger partial charge on any atom is 0.0226 e. The van der Waals surface area contributed by atoms with Gasteiger partial charge in [-0.3, -0.25) is 0 Å². The van der Waals surface area contributed by atoms with Gasteiger partial charge >= 0.3 is 0 Å². The van der Waals surface area contributed by atoms with Gasteiger partial charge in [0.25, 0.3) is 0 Å². The molecule has 2 rings (SSSR count). The normalized spacial score (nSPS) is 10.9. The maximum atomic E-state index is 3.37. The molecule has 0 radical (unpaired) electrons. The van der Waals surface area contributed by atoms with E-state index < -0.39 is 0 Å². The standard InChI is InChI=1S/C13H17N/c1-2-3-4-9-13-12-8-6-5-7-11(12)10-14-13/h5-8,10,14H,2-4,9H2,1H3. The Labute approximate surface area is 85.1 Å². The molecule has 0 saturated heterocycles. The third kappa shape index (κ3) is 1.82. The Morgan fingerprint density at radius 1 is 1.14 bits per heavy atom. The van der Waals surface area contributed by atoms with Gasteiger partial charge in [0.15, 0.2) is 0 Å². The van der Waals surface area contributed by atoms with Crippen molar-refractivity contribution >= 4 is 10.8 Å². The smallest absolute Gasteiger partial charge is 0.0226 e. The zero-order valence-electron chi connectivity index (χ0n) is 8.72. The van der Waals surface area contributed by atoms with Crippen molar-refractivity contribution in [2.24, 2.45) is 0 Å². The summed E-state index contributed by atoms with van der Waals surface area (Å²) in [6, 6.07) is 8.56. The van der Waals surface area contributed by atoms with Crippen LogP contribution in [0, 0.1) is 0 Å². The second-order valence-electron chi connectivity index (χ2n) is 3.81. The number of benzene rings is 1. The van der Waals surface area contributed by atoms with E-state index in [2.05, 4.69) is 42.4 Å². The molecule has 0 saturated carbocycles. The lowest BCUT2D eigenvalue weighted by Crippen LogP contribution is -1.85. The van der Waals surface area contributed by atoms with Gasteiger partial charge in [-0.2, -0.15) is 0 Å². The zero-order chi connectivity index (χ0) is 9.80. The van der Waals surface area contributed by atoms with Gasteiger partial charge < -0.3 is 4.98 Å². The molecule has 0 aliphatic heterocycles. The Morgan fingerprint density at radius 2 is 2.00 bits per heavy atom. The Balaban J connectivity index is 2.17. The lowest BCUT2D eigenvalue weighted by Gasteiger charge is -1.98. The van der Waals surface area contributed by atoms with Crippen molar-refractivity contribution in [2.75, 3.05) is 0 Å². The first-order valence-corrected chi connectivity index (χ1v) is 5.47. The van der Waals surface area contributed by atoms with Crippen molar-refractivity contribution in [1.29, 1.82) is 0 Å². The molecule has 1 nitrogen and oxygen atoms in total. The molecular formula is C13H17N. The van der Waals surface area contributed by atoms with E-state index >= 15 is 0 Å². The average molecular weight is 187 g/mol. The van der Waals surface area contributed by atoms with Gasteiger partial charge in [-0.15, -0.1) is 0 Å². The van der Waals surface area contributed by atoms with Crippen molar-refractivity contribution in [1.82, 2.24) is 4.98 Å². The molecule has 2 aromatic rings. The topological polar surface area (TPSA) is 15.8 Å².